The molecule has 0 saturated carbocycles. The van der Waals surface area contributed by atoms with E-state index in [0.29, 0.717) is 19.0 Å². The number of morpholine rings is 1. The van der Waals surface area contributed by atoms with E-state index in [2.05, 4.69) is 14.6 Å². The van der Waals surface area contributed by atoms with Crippen LogP contribution in [0.25, 0.3) is 0 Å². The van der Waals surface area contributed by atoms with Crippen molar-refractivity contribution in [2.75, 3.05) is 38.3 Å². The number of aromatic nitrogens is 1. The van der Waals surface area contributed by atoms with Crippen LogP contribution in [0.4, 0.5) is 5.82 Å². The summed E-state index contributed by atoms with van der Waals surface area (Å²) in [5.41, 5.74) is 0.824. The number of rotatable bonds is 6. The Balaban J connectivity index is 1.70. The van der Waals surface area contributed by atoms with Crippen LogP contribution in [0.2, 0.25) is 5.02 Å². The zero-order chi connectivity index (χ0) is 18.6. The van der Waals surface area contributed by atoms with Crippen LogP contribution < -0.4 is 14.4 Å². The third-order valence-electron chi connectivity index (χ3n) is 4.04. The monoisotopic (exact) mass is 397 g/mol. The fraction of sp³-hybridized carbons (Fsp3) is 0.353. The van der Waals surface area contributed by atoms with E-state index in [1.165, 1.54) is 25.3 Å². The molecular weight excluding hydrogens is 378 g/mol. The maximum atomic E-state index is 12.5. The van der Waals surface area contributed by atoms with E-state index in [1.54, 1.807) is 12.3 Å². The van der Waals surface area contributed by atoms with Gasteiger partial charge in [0, 0.05) is 25.8 Å². The highest BCUT2D eigenvalue weighted by atomic mass is 35.5. The number of methoxy groups -OCH3 is 1. The van der Waals surface area contributed by atoms with E-state index in [4.69, 9.17) is 21.1 Å². The molecule has 0 radical (unpaired) electrons. The molecular formula is C17H20ClN3O4S. The van der Waals surface area contributed by atoms with E-state index < -0.39 is 10.0 Å². The predicted octanol–water partition coefficient (Wildman–Crippen LogP) is 2.06. The molecule has 1 aliphatic heterocycles. The molecule has 2 aromatic rings. The highest BCUT2D eigenvalue weighted by Crippen LogP contribution is 2.27. The normalized spacial score (nSPS) is 15.1. The van der Waals surface area contributed by atoms with Gasteiger partial charge >= 0.3 is 0 Å². The van der Waals surface area contributed by atoms with Crippen molar-refractivity contribution in [1.29, 1.82) is 0 Å². The molecule has 0 aliphatic carbocycles. The summed E-state index contributed by atoms with van der Waals surface area (Å²) in [6.07, 6.45) is 1.68. The number of nitrogens with zero attached hydrogens (tertiary/aromatic N) is 2. The third-order valence-corrected chi connectivity index (χ3v) is 5.74. The van der Waals surface area contributed by atoms with Crippen molar-refractivity contribution in [3.63, 3.8) is 0 Å². The molecule has 0 bridgehead atoms. The van der Waals surface area contributed by atoms with Crippen LogP contribution in [-0.4, -0.2) is 46.8 Å². The molecule has 1 N–H and O–H groups in total. The molecule has 1 aromatic carbocycles. The van der Waals surface area contributed by atoms with Gasteiger partial charge in [0.15, 0.2) is 0 Å². The minimum absolute atomic E-state index is 0.0887. The molecule has 140 valence electrons. The van der Waals surface area contributed by atoms with Crippen molar-refractivity contribution in [3.8, 4) is 5.75 Å². The average molecular weight is 398 g/mol. The van der Waals surface area contributed by atoms with Crippen molar-refractivity contribution >= 4 is 27.4 Å². The quantitative estimate of drug-likeness (QED) is 0.803. The van der Waals surface area contributed by atoms with Gasteiger partial charge in [-0.05, 0) is 35.9 Å². The summed E-state index contributed by atoms with van der Waals surface area (Å²) < 4.78 is 38.0. The molecule has 2 heterocycles. The first-order chi connectivity index (χ1) is 12.5. The van der Waals surface area contributed by atoms with E-state index >= 15 is 0 Å². The van der Waals surface area contributed by atoms with Gasteiger partial charge in [-0.25, -0.2) is 18.1 Å². The lowest BCUT2D eigenvalue weighted by molar-refractivity contribution is 0.122. The smallest absolute Gasteiger partial charge is 0.240 e. The van der Waals surface area contributed by atoms with Gasteiger partial charge in [0.2, 0.25) is 10.0 Å². The molecule has 1 fully saturated rings. The standard InChI is InChI=1S/C17H20ClN3O4S/c1-24-16-3-2-14(11-15(16)18)26(22,23)20-12-13-4-5-19-17(10-13)21-6-8-25-9-7-21/h2-5,10-11,20H,6-9,12H2,1H3. The van der Waals surface area contributed by atoms with Gasteiger partial charge < -0.3 is 14.4 Å². The zero-order valence-corrected chi connectivity index (χ0v) is 15.9. The Morgan fingerprint density at radius 1 is 1.27 bits per heavy atom. The van der Waals surface area contributed by atoms with Gasteiger partial charge in [0.05, 0.1) is 30.2 Å². The molecule has 0 amide bonds. The molecule has 0 spiro atoms. The SMILES string of the molecule is COc1ccc(S(=O)(=O)NCc2ccnc(N3CCOCC3)c2)cc1Cl. The first-order valence-corrected chi connectivity index (χ1v) is 9.96. The summed E-state index contributed by atoms with van der Waals surface area (Å²) in [6.45, 7) is 3.03. The lowest BCUT2D eigenvalue weighted by Gasteiger charge is -2.28. The van der Waals surface area contributed by atoms with Gasteiger partial charge in [0.1, 0.15) is 11.6 Å². The number of hydrogen-bond donors (Lipinski definition) is 1. The fourth-order valence-electron chi connectivity index (χ4n) is 2.61. The van der Waals surface area contributed by atoms with E-state index in [9.17, 15) is 8.42 Å². The average Bonchev–Trinajstić information content (AvgIpc) is 2.67. The number of pyridine rings is 1. The Morgan fingerprint density at radius 3 is 2.73 bits per heavy atom. The van der Waals surface area contributed by atoms with E-state index in [0.717, 1.165) is 24.5 Å². The number of anilines is 1. The highest BCUT2D eigenvalue weighted by Gasteiger charge is 2.17. The number of nitrogens with one attached hydrogen (secondary N) is 1. The minimum Gasteiger partial charge on any atom is -0.495 e. The molecule has 0 atom stereocenters. The molecule has 3 rings (SSSR count). The van der Waals surface area contributed by atoms with Crippen molar-refractivity contribution in [2.45, 2.75) is 11.4 Å². The van der Waals surface area contributed by atoms with Crippen LogP contribution >= 0.6 is 11.6 Å². The number of benzene rings is 1. The lowest BCUT2D eigenvalue weighted by Crippen LogP contribution is -2.36. The molecule has 1 aromatic heterocycles. The summed E-state index contributed by atoms with van der Waals surface area (Å²) in [5, 5.41) is 0.244. The number of ether oxygens (including phenoxy) is 2. The summed E-state index contributed by atoms with van der Waals surface area (Å²) in [5.74, 6) is 1.24. The van der Waals surface area contributed by atoms with Gasteiger partial charge in [0.25, 0.3) is 0 Å². The van der Waals surface area contributed by atoms with Crippen LogP contribution in [0.3, 0.4) is 0 Å². The van der Waals surface area contributed by atoms with Crippen LogP contribution in [0.15, 0.2) is 41.4 Å². The highest BCUT2D eigenvalue weighted by molar-refractivity contribution is 7.89. The second kappa shape index (κ2) is 8.22. The topological polar surface area (TPSA) is 80.8 Å². The summed E-state index contributed by atoms with van der Waals surface area (Å²) >= 11 is 6.02. The third kappa shape index (κ3) is 4.45. The summed E-state index contributed by atoms with van der Waals surface area (Å²) in [4.78, 5) is 6.56. The maximum Gasteiger partial charge on any atom is 0.240 e. The van der Waals surface area contributed by atoms with Crippen molar-refractivity contribution in [2.24, 2.45) is 0 Å². The van der Waals surface area contributed by atoms with Gasteiger partial charge in [-0.3, -0.25) is 0 Å². The Hall–Kier alpha value is -1.87. The number of halogens is 1. The first kappa shape index (κ1) is 18.9. The Labute approximate surface area is 157 Å². The van der Waals surface area contributed by atoms with Gasteiger partial charge in [-0.15, -0.1) is 0 Å². The summed E-state index contributed by atoms with van der Waals surface area (Å²) in [6, 6.07) is 8.02. The molecule has 1 saturated heterocycles. The van der Waals surface area contributed by atoms with Crippen molar-refractivity contribution < 1.29 is 17.9 Å². The van der Waals surface area contributed by atoms with Crippen LogP contribution in [0.5, 0.6) is 5.75 Å². The van der Waals surface area contributed by atoms with E-state index in [1.807, 2.05) is 6.07 Å². The zero-order valence-electron chi connectivity index (χ0n) is 14.3. The Morgan fingerprint density at radius 2 is 2.04 bits per heavy atom. The van der Waals surface area contributed by atoms with Crippen LogP contribution in [0.1, 0.15) is 5.56 Å². The Bertz CT molecular complexity index is 870. The first-order valence-electron chi connectivity index (χ1n) is 8.10. The maximum absolute atomic E-state index is 12.5. The fourth-order valence-corrected chi connectivity index (χ4v) is 3.98. The van der Waals surface area contributed by atoms with Crippen molar-refractivity contribution in [1.82, 2.24) is 9.71 Å². The molecule has 26 heavy (non-hydrogen) atoms. The van der Waals surface area contributed by atoms with Crippen LogP contribution in [-0.2, 0) is 21.3 Å². The van der Waals surface area contributed by atoms with Crippen molar-refractivity contribution in [3.05, 3.63) is 47.1 Å². The number of hydrogen-bond acceptors (Lipinski definition) is 6. The second-order valence-corrected chi connectivity index (χ2v) is 7.92. The largest absolute Gasteiger partial charge is 0.495 e. The lowest BCUT2D eigenvalue weighted by atomic mass is 10.2. The van der Waals surface area contributed by atoms with E-state index in [-0.39, 0.29) is 16.5 Å². The summed E-state index contributed by atoms with van der Waals surface area (Å²) in [7, 11) is -2.21. The van der Waals surface area contributed by atoms with Gasteiger partial charge in [-0.1, -0.05) is 11.6 Å². The minimum atomic E-state index is -3.69. The number of sulfonamides is 1. The second-order valence-electron chi connectivity index (χ2n) is 5.74. The molecule has 1 aliphatic rings. The Kier molecular flexibility index (Phi) is 5.98. The van der Waals surface area contributed by atoms with Crippen LogP contribution in [0, 0.1) is 0 Å². The molecule has 7 nitrogen and oxygen atoms in total. The molecule has 0 unspecified atom stereocenters. The predicted molar refractivity (Wildman–Crippen MR) is 99.3 cm³/mol. The van der Waals surface area contributed by atoms with Gasteiger partial charge in [-0.2, -0.15) is 0 Å². The molecule has 9 heteroatoms.